The van der Waals surface area contributed by atoms with E-state index in [1.807, 2.05) is 6.07 Å². The molecular formula is C26H42N4O4. The summed E-state index contributed by atoms with van der Waals surface area (Å²) < 4.78 is 16.6. The van der Waals surface area contributed by atoms with Gasteiger partial charge in [-0.05, 0) is 49.9 Å². The number of carbonyl (C=O) groups is 1. The van der Waals surface area contributed by atoms with Crippen molar-refractivity contribution in [3.8, 4) is 11.5 Å². The smallest absolute Gasteiger partial charge is 0.224 e. The van der Waals surface area contributed by atoms with Crippen LogP contribution >= 0.6 is 0 Å². The Morgan fingerprint density at radius 1 is 1.09 bits per heavy atom. The van der Waals surface area contributed by atoms with E-state index < -0.39 is 0 Å². The number of piperazine rings is 1. The average molecular weight is 475 g/mol. The summed E-state index contributed by atoms with van der Waals surface area (Å²) in [4.78, 5) is 20.6. The van der Waals surface area contributed by atoms with Crippen LogP contribution in [-0.4, -0.2) is 107 Å². The van der Waals surface area contributed by atoms with E-state index >= 15 is 0 Å². The summed E-state index contributed by atoms with van der Waals surface area (Å²) in [5.74, 6) is 2.15. The lowest BCUT2D eigenvalue weighted by Gasteiger charge is -2.41. The fourth-order valence-corrected chi connectivity index (χ4v) is 5.55. The fraction of sp³-hybridized carbons (Fsp3) is 0.731. The molecule has 1 N–H and O–H groups in total. The lowest BCUT2D eigenvalue weighted by Crippen LogP contribution is -2.51. The van der Waals surface area contributed by atoms with Gasteiger partial charge in [-0.2, -0.15) is 0 Å². The van der Waals surface area contributed by atoms with Crippen molar-refractivity contribution in [2.45, 2.75) is 31.9 Å². The van der Waals surface area contributed by atoms with Gasteiger partial charge in [0, 0.05) is 65.5 Å². The van der Waals surface area contributed by atoms with Gasteiger partial charge < -0.3 is 29.3 Å². The molecule has 8 heteroatoms. The third kappa shape index (κ3) is 6.84. The van der Waals surface area contributed by atoms with E-state index in [-0.39, 0.29) is 17.9 Å². The van der Waals surface area contributed by atoms with Crippen molar-refractivity contribution in [3.63, 3.8) is 0 Å². The van der Waals surface area contributed by atoms with E-state index in [4.69, 9.17) is 14.2 Å². The minimum absolute atomic E-state index is 0.00719. The first kappa shape index (κ1) is 25.2. The summed E-state index contributed by atoms with van der Waals surface area (Å²) in [5, 5.41) is 3.19. The molecule has 0 saturated carbocycles. The van der Waals surface area contributed by atoms with E-state index in [0.717, 1.165) is 89.7 Å². The van der Waals surface area contributed by atoms with Crippen LogP contribution in [0.15, 0.2) is 18.2 Å². The fourth-order valence-electron chi connectivity index (χ4n) is 5.55. The van der Waals surface area contributed by atoms with Crippen LogP contribution < -0.4 is 14.8 Å². The molecule has 0 aromatic heterocycles. The SMILES string of the molecule is COc1ccc(CN2C[C@@H](CN3CCN(C)CC3)C[C@@H](C(=O)NC[C@@H]3CCCO3)C2)cc1OC. The number of carbonyl (C=O) groups excluding carboxylic acids is 1. The summed E-state index contributed by atoms with van der Waals surface area (Å²) in [5.41, 5.74) is 1.18. The van der Waals surface area contributed by atoms with Gasteiger partial charge in [-0.1, -0.05) is 6.07 Å². The molecule has 1 amide bonds. The Labute approximate surface area is 204 Å². The highest BCUT2D eigenvalue weighted by Gasteiger charge is 2.33. The molecule has 3 saturated heterocycles. The molecule has 0 radical (unpaired) electrons. The monoisotopic (exact) mass is 474 g/mol. The zero-order chi connectivity index (χ0) is 23.9. The molecule has 3 aliphatic heterocycles. The minimum atomic E-state index is 0.00719. The van der Waals surface area contributed by atoms with Crippen molar-refractivity contribution in [2.24, 2.45) is 11.8 Å². The van der Waals surface area contributed by atoms with Gasteiger partial charge in [0.15, 0.2) is 11.5 Å². The predicted molar refractivity (Wildman–Crippen MR) is 132 cm³/mol. The Bertz CT molecular complexity index is 793. The first-order chi connectivity index (χ1) is 16.5. The van der Waals surface area contributed by atoms with Crippen molar-refractivity contribution >= 4 is 5.91 Å². The molecule has 0 unspecified atom stereocenters. The number of hydrogen-bond donors (Lipinski definition) is 1. The first-order valence-electron chi connectivity index (χ1n) is 12.8. The second-order valence-corrected chi connectivity index (χ2v) is 10.2. The van der Waals surface area contributed by atoms with Gasteiger partial charge in [0.25, 0.3) is 0 Å². The molecular weight excluding hydrogens is 432 g/mol. The van der Waals surface area contributed by atoms with Gasteiger partial charge in [-0.3, -0.25) is 9.69 Å². The van der Waals surface area contributed by atoms with Gasteiger partial charge in [-0.15, -0.1) is 0 Å². The van der Waals surface area contributed by atoms with Crippen LogP contribution in [0.4, 0.5) is 0 Å². The summed E-state index contributed by atoms with van der Waals surface area (Å²) in [6, 6.07) is 6.11. The second-order valence-electron chi connectivity index (χ2n) is 10.2. The molecule has 3 aliphatic rings. The summed E-state index contributed by atoms with van der Waals surface area (Å²) in [6.07, 6.45) is 3.27. The number of nitrogens with one attached hydrogen (secondary N) is 1. The van der Waals surface area contributed by atoms with Gasteiger partial charge in [0.1, 0.15) is 0 Å². The first-order valence-corrected chi connectivity index (χ1v) is 12.8. The van der Waals surface area contributed by atoms with Crippen LogP contribution in [0.1, 0.15) is 24.8 Å². The van der Waals surface area contributed by atoms with Gasteiger partial charge >= 0.3 is 0 Å². The number of likely N-dealkylation sites (N-methyl/N-ethyl adjacent to an activating group) is 1. The minimum Gasteiger partial charge on any atom is -0.493 e. The molecule has 1 aromatic carbocycles. The molecule has 0 spiro atoms. The van der Waals surface area contributed by atoms with Crippen LogP contribution in [0, 0.1) is 11.8 Å². The van der Waals surface area contributed by atoms with E-state index in [1.165, 1.54) is 5.56 Å². The van der Waals surface area contributed by atoms with E-state index in [0.29, 0.717) is 12.5 Å². The topological polar surface area (TPSA) is 66.5 Å². The number of hydrogen-bond acceptors (Lipinski definition) is 7. The van der Waals surface area contributed by atoms with E-state index in [1.54, 1.807) is 14.2 Å². The number of methoxy groups -OCH3 is 2. The number of ether oxygens (including phenoxy) is 3. The number of amides is 1. The summed E-state index contributed by atoms with van der Waals surface area (Å²) in [6.45, 7) is 9.56. The zero-order valence-electron chi connectivity index (χ0n) is 21.1. The maximum Gasteiger partial charge on any atom is 0.224 e. The molecule has 3 atom stereocenters. The van der Waals surface area contributed by atoms with Crippen LogP contribution in [0.25, 0.3) is 0 Å². The molecule has 4 rings (SSSR count). The molecule has 3 heterocycles. The largest absolute Gasteiger partial charge is 0.493 e. The standard InChI is InChI=1S/C26H42N4O4/c1-28-8-10-29(11-9-28)17-21-13-22(26(31)27-15-23-5-4-12-34-23)19-30(18-21)16-20-6-7-24(32-2)25(14-20)33-3/h6-7,14,21-23H,4-5,8-13,15-19H2,1-3H3,(H,27,31)/t21-,22-,23+/m1/s1. The highest BCUT2D eigenvalue weighted by atomic mass is 16.5. The zero-order valence-corrected chi connectivity index (χ0v) is 21.1. The van der Waals surface area contributed by atoms with Crippen molar-refractivity contribution in [2.75, 3.05) is 80.2 Å². The Hall–Kier alpha value is -1.87. The molecule has 0 aliphatic carbocycles. The molecule has 8 nitrogen and oxygen atoms in total. The Kier molecular flexibility index (Phi) is 9.05. The third-order valence-electron chi connectivity index (χ3n) is 7.48. The normalized spacial score (nSPS) is 27.0. The van der Waals surface area contributed by atoms with Gasteiger partial charge in [-0.25, -0.2) is 0 Å². The maximum absolute atomic E-state index is 13.2. The van der Waals surface area contributed by atoms with Crippen LogP contribution in [0.5, 0.6) is 11.5 Å². The molecule has 34 heavy (non-hydrogen) atoms. The number of likely N-dealkylation sites (tertiary alicyclic amines) is 1. The molecule has 3 fully saturated rings. The van der Waals surface area contributed by atoms with Crippen molar-refractivity contribution in [1.29, 1.82) is 0 Å². The molecule has 1 aromatic rings. The maximum atomic E-state index is 13.2. The Morgan fingerprint density at radius 3 is 2.59 bits per heavy atom. The quantitative estimate of drug-likeness (QED) is 0.584. The van der Waals surface area contributed by atoms with E-state index in [9.17, 15) is 4.79 Å². The van der Waals surface area contributed by atoms with Crippen LogP contribution in [-0.2, 0) is 16.1 Å². The predicted octanol–water partition coefficient (Wildman–Crippen LogP) is 1.68. The third-order valence-corrected chi connectivity index (χ3v) is 7.48. The number of rotatable bonds is 9. The summed E-state index contributed by atoms with van der Waals surface area (Å²) >= 11 is 0. The average Bonchev–Trinajstić information content (AvgIpc) is 3.37. The molecule has 190 valence electrons. The second kappa shape index (κ2) is 12.2. The van der Waals surface area contributed by atoms with Gasteiger partial charge in [0.05, 0.1) is 26.2 Å². The number of benzene rings is 1. The highest BCUT2D eigenvalue weighted by molar-refractivity contribution is 5.79. The summed E-state index contributed by atoms with van der Waals surface area (Å²) in [7, 11) is 5.52. The van der Waals surface area contributed by atoms with Crippen molar-refractivity contribution in [3.05, 3.63) is 23.8 Å². The Morgan fingerprint density at radius 2 is 1.88 bits per heavy atom. The highest BCUT2D eigenvalue weighted by Crippen LogP contribution is 2.30. The number of nitrogens with zero attached hydrogens (tertiary/aromatic N) is 3. The van der Waals surface area contributed by atoms with Crippen molar-refractivity contribution < 1.29 is 19.0 Å². The van der Waals surface area contributed by atoms with Crippen molar-refractivity contribution in [1.82, 2.24) is 20.0 Å². The van der Waals surface area contributed by atoms with Gasteiger partial charge in [0.2, 0.25) is 5.91 Å². The van der Waals surface area contributed by atoms with E-state index in [2.05, 4.69) is 39.2 Å². The van der Waals surface area contributed by atoms with Crippen LogP contribution in [0.3, 0.4) is 0 Å². The number of piperidine rings is 1. The Balaban J connectivity index is 1.40. The lowest BCUT2D eigenvalue weighted by atomic mass is 9.87. The molecule has 0 bridgehead atoms. The lowest BCUT2D eigenvalue weighted by molar-refractivity contribution is -0.128. The van der Waals surface area contributed by atoms with Crippen LogP contribution in [0.2, 0.25) is 0 Å².